The standard InChI is InChI=1S/C19H22N2O2S/c1-14-9-11-24-17(14)12-20-19(23)16-7-5-15(6-8-16)13-21-10-3-2-4-18(21)22/h5-9,11H,2-4,10,12-13H2,1H3,(H,20,23). The number of hydrogen-bond acceptors (Lipinski definition) is 3. The molecular weight excluding hydrogens is 320 g/mol. The zero-order chi connectivity index (χ0) is 16.9. The van der Waals surface area contributed by atoms with E-state index >= 15 is 0 Å². The van der Waals surface area contributed by atoms with Gasteiger partial charge in [-0.1, -0.05) is 12.1 Å². The highest BCUT2D eigenvalue weighted by Crippen LogP contribution is 2.16. The summed E-state index contributed by atoms with van der Waals surface area (Å²) in [6.45, 7) is 4.08. The second-order valence-corrected chi connectivity index (χ2v) is 7.18. The Morgan fingerprint density at radius 1 is 1.21 bits per heavy atom. The number of carbonyl (C=O) groups is 2. The molecule has 2 aromatic rings. The van der Waals surface area contributed by atoms with Crippen LogP contribution in [0.25, 0.3) is 0 Å². The number of amides is 2. The normalized spacial score (nSPS) is 14.7. The van der Waals surface area contributed by atoms with Crippen LogP contribution in [0.2, 0.25) is 0 Å². The van der Waals surface area contributed by atoms with Gasteiger partial charge in [-0.2, -0.15) is 0 Å². The number of thiophene rings is 1. The molecule has 5 heteroatoms. The molecule has 2 heterocycles. The molecule has 24 heavy (non-hydrogen) atoms. The summed E-state index contributed by atoms with van der Waals surface area (Å²) in [5.41, 5.74) is 2.93. The molecule has 1 N–H and O–H groups in total. The summed E-state index contributed by atoms with van der Waals surface area (Å²) in [6, 6.07) is 9.60. The van der Waals surface area contributed by atoms with E-state index in [-0.39, 0.29) is 11.8 Å². The van der Waals surface area contributed by atoms with Gasteiger partial charge in [-0.3, -0.25) is 9.59 Å². The second-order valence-electron chi connectivity index (χ2n) is 6.18. The van der Waals surface area contributed by atoms with Crippen LogP contribution in [0.3, 0.4) is 0 Å². The van der Waals surface area contributed by atoms with E-state index in [9.17, 15) is 9.59 Å². The number of hydrogen-bond donors (Lipinski definition) is 1. The summed E-state index contributed by atoms with van der Waals surface area (Å²) in [4.78, 5) is 27.2. The van der Waals surface area contributed by atoms with Crippen LogP contribution in [0.4, 0.5) is 0 Å². The first kappa shape index (κ1) is 16.7. The van der Waals surface area contributed by atoms with Gasteiger partial charge in [0.1, 0.15) is 0 Å². The van der Waals surface area contributed by atoms with Crippen molar-refractivity contribution in [2.75, 3.05) is 6.54 Å². The molecule has 126 valence electrons. The number of carbonyl (C=O) groups excluding carboxylic acids is 2. The predicted octanol–water partition coefficient (Wildman–Crippen LogP) is 3.50. The van der Waals surface area contributed by atoms with E-state index in [4.69, 9.17) is 0 Å². The number of rotatable bonds is 5. The van der Waals surface area contributed by atoms with Crippen LogP contribution in [-0.4, -0.2) is 23.3 Å². The van der Waals surface area contributed by atoms with Crippen molar-refractivity contribution in [1.29, 1.82) is 0 Å². The maximum Gasteiger partial charge on any atom is 0.251 e. The first-order valence-corrected chi connectivity index (χ1v) is 9.19. The highest BCUT2D eigenvalue weighted by Gasteiger charge is 2.18. The van der Waals surface area contributed by atoms with E-state index in [1.807, 2.05) is 34.5 Å². The molecule has 0 saturated carbocycles. The van der Waals surface area contributed by atoms with E-state index in [0.717, 1.165) is 24.9 Å². The van der Waals surface area contributed by atoms with Crippen molar-refractivity contribution in [3.63, 3.8) is 0 Å². The topological polar surface area (TPSA) is 49.4 Å². The highest BCUT2D eigenvalue weighted by atomic mass is 32.1. The van der Waals surface area contributed by atoms with Gasteiger partial charge < -0.3 is 10.2 Å². The molecule has 1 saturated heterocycles. The summed E-state index contributed by atoms with van der Waals surface area (Å²) >= 11 is 1.66. The quantitative estimate of drug-likeness (QED) is 0.904. The van der Waals surface area contributed by atoms with Crippen molar-refractivity contribution in [3.8, 4) is 0 Å². The SMILES string of the molecule is Cc1ccsc1CNC(=O)c1ccc(CN2CCCCC2=O)cc1. The lowest BCUT2D eigenvalue weighted by atomic mass is 10.1. The molecule has 3 rings (SSSR count). The number of nitrogens with zero attached hydrogens (tertiary/aromatic N) is 1. The molecule has 1 aliphatic rings. The summed E-state index contributed by atoms with van der Waals surface area (Å²) in [5.74, 6) is 0.165. The van der Waals surface area contributed by atoms with Gasteiger partial charge in [0.2, 0.25) is 5.91 Å². The van der Waals surface area contributed by atoms with Gasteiger partial charge in [0.15, 0.2) is 0 Å². The third-order valence-electron chi connectivity index (χ3n) is 4.39. The van der Waals surface area contributed by atoms with Gasteiger partial charge in [-0.15, -0.1) is 11.3 Å². The molecule has 1 aliphatic heterocycles. The number of aryl methyl sites for hydroxylation is 1. The average Bonchev–Trinajstić information content (AvgIpc) is 3.00. The van der Waals surface area contributed by atoms with Gasteiger partial charge in [-0.25, -0.2) is 0 Å². The Labute approximate surface area is 146 Å². The smallest absolute Gasteiger partial charge is 0.251 e. The zero-order valence-electron chi connectivity index (χ0n) is 13.9. The average molecular weight is 342 g/mol. The first-order valence-electron chi connectivity index (χ1n) is 8.31. The minimum absolute atomic E-state index is 0.0663. The third-order valence-corrected chi connectivity index (χ3v) is 5.41. The summed E-state index contributed by atoms with van der Waals surface area (Å²) < 4.78 is 0. The van der Waals surface area contributed by atoms with E-state index in [1.165, 1.54) is 10.4 Å². The van der Waals surface area contributed by atoms with Crippen molar-refractivity contribution >= 4 is 23.2 Å². The third kappa shape index (κ3) is 4.03. The fourth-order valence-corrected chi connectivity index (χ4v) is 3.70. The van der Waals surface area contributed by atoms with Crippen molar-refractivity contribution in [1.82, 2.24) is 10.2 Å². The Hall–Kier alpha value is -2.14. The molecule has 0 unspecified atom stereocenters. The minimum Gasteiger partial charge on any atom is -0.347 e. The number of piperidine rings is 1. The van der Waals surface area contributed by atoms with Crippen LogP contribution < -0.4 is 5.32 Å². The Morgan fingerprint density at radius 2 is 2.00 bits per heavy atom. The Kier molecular flexibility index (Phi) is 5.30. The molecule has 0 aliphatic carbocycles. The van der Waals surface area contributed by atoms with Crippen molar-refractivity contribution in [2.24, 2.45) is 0 Å². The molecule has 0 spiro atoms. The fraction of sp³-hybridized carbons (Fsp3) is 0.368. The lowest BCUT2D eigenvalue weighted by Gasteiger charge is -2.26. The predicted molar refractivity (Wildman–Crippen MR) is 95.9 cm³/mol. The minimum atomic E-state index is -0.0663. The zero-order valence-corrected chi connectivity index (χ0v) is 14.7. The van der Waals surface area contributed by atoms with E-state index in [0.29, 0.717) is 25.1 Å². The van der Waals surface area contributed by atoms with Crippen molar-refractivity contribution in [3.05, 3.63) is 57.3 Å². The largest absolute Gasteiger partial charge is 0.347 e. The fourth-order valence-electron chi connectivity index (χ4n) is 2.86. The molecule has 1 aromatic heterocycles. The molecule has 1 aromatic carbocycles. The Balaban J connectivity index is 1.56. The highest BCUT2D eigenvalue weighted by molar-refractivity contribution is 7.10. The van der Waals surface area contributed by atoms with Crippen LogP contribution in [-0.2, 0) is 17.9 Å². The molecule has 2 amide bonds. The van der Waals surface area contributed by atoms with E-state index in [2.05, 4.69) is 18.3 Å². The summed E-state index contributed by atoms with van der Waals surface area (Å²) in [5, 5.41) is 4.99. The lowest BCUT2D eigenvalue weighted by Crippen LogP contribution is -2.34. The van der Waals surface area contributed by atoms with Crippen molar-refractivity contribution in [2.45, 2.75) is 39.3 Å². The van der Waals surface area contributed by atoms with Crippen LogP contribution >= 0.6 is 11.3 Å². The van der Waals surface area contributed by atoms with E-state index in [1.54, 1.807) is 11.3 Å². The van der Waals surface area contributed by atoms with Gasteiger partial charge in [0.05, 0.1) is 6.54 Å². The van der Waals surface area contributed by atoms with Crippen LogP contribution in [0, 0.1) is 6.92 Å². The van der Waals surface area contributed by atoms with Crippen LogP contribution in [0.15, 0.2) is 35.7 Å². The number of nitrogens with one attached hydrogen (secondary N) is 1. The Morgan fingerprint density at radius 3 is 2.67 bits per heavy atom. The monoisotopic (exact) mass is 342 g/mol. The lowest BCUT2D eigenvalue weighted by molar-refractivity contribution is -0.133. The van der Waals surface area contributed by atoms with Gasteiger partial charge >= 0.3 is 0 Å². The maximum absolute atomic E-state index is 12.2. The summed E-state index contributed by atoms with van der Waals surface area (Å²) in [6.07, 6.45) is 2.73. The number of benzene rings is 1. The van der Waals surface area contributed by atoms with E-state index < -0.39 is 0 Å². The number of likely N-dealkylation sites (tertiary alicyclic amines) is 1. The molecule has 0 bridgehead atoms. The van der Waals surface area contributed by atoms with Gasteiger partial charge in [0, 0.05) is 30.0 Å². The molecule has 0 radical (unpaired) electrons. The second kappa shape index (κ2) is 7.62. The molecule has 4 nitrogen and oxygen atoms in total. The van der Waals surface area contributed by atoms with Gasteiger partial charge in [-0.05, 0) is 54.5 Å². The Bertz CT molecular complexity index is 721. The van der Waals surface area contributed by atoms with Crippen LogP contribution in [0.5, 0.6) is 0 Å². The van der Waals surface area contributed by atoms with Gasteiger partial charge in [0.25, 0.3) is 5.91 Å². The molecule has 1 fully saturated rings. The molecule has 0 atom stereocenters. The molecular formula is C19H22N2O2S. The summed E-state index contributed by atoms with van der Waals surface area (Å²) in [7, 11) is 0. The maximum atomic E-state index is 12.2. The first-order chi connectivity index (χ1) is 11.6. The van der Waals surface area contributed by atoms with Crippen LogP contribution in [0.1, 0.15) is 45.6 Å². The van der Waals surface area contributed by atoms with Crippen molar-refractivity contribution < 1.29 is 9.59 Å².